The lowest BCUT2D eigenvalue weighted by atomic mass is 10.1. The molecular weight excluding hydrogens is 322 g/mol. The van der Waals surface area contributed by atoms with E-state index in [1.54, 1.807) is 63.4 Å². The molecule has 25 heavy (non-hydrogen) atoms. The molecule has 7 nitrogen and oxygen atoms in total. The summed E-state index contributed by atoms with van der Waals surface area (Å²) in [6.07, 6.45) is 0.873. The van der Waals surface area contributed by atoms with E-state index in [0.29, 0.717) is 11.3 Å². The summed E-state index contributed by atoms with van der Waals surface area (Å²) >= 11 is 0. The van der Waals surface area contributed by atoms with Crippen LogP contribution in [0.25, 0.3) is 0 Å². The third kappa shape index (κ3) is 5.49. The van der Waals surface area contributed by atoms with Crippen LogP contribution in [0, 0.1) is 0 Å². The number of carbonyl (C=O) groups excluding carboxylic acids is 3. The fourth-order valence-electron chi connectivity index (χ4n) is 2.04. The highest BCUT2D eigenvalue weighted by atomic mass is 16.6. The summed E-state index contributed by atoms with van der Waals surface area (Å²) in [6.45, 7) is 4.92. The summed E-state index contributed by atoms with van der Waals surface area (Å²) in [5, 5.41) is 2.36. The van der Waals surface area contributed by atoms with E-state index in [2.05, 4.69) is 10.7 Å². The van der Waals surface area contributed by atoms with Crippen molar-refractivity contribution in [3.05, 3.63) is 59.9 Å². The summed E-state index contributed by atoms with van der Waals surface area (Å²) in [4.78, 5) is 36.0. The molecule has 0 aliphatic heterocycles. The number of carbonyl (C=O) groups is 3. The Hall–Kier alpha value is -3.09. The Morgan fingerprint density at radius 1 is 1.04 bits per heavy atom. The van der Waals surface area contributed by atoms with Crippen molar-refractivity contribution in [3.63, 3.8) is 0 Å². The van der Waals surface area contributed by atoms with Crippen LogP contribution in [0.3, 0.4) is 0 Å². The van der Waals surface area contributed by atoms with E-state index >= 15 is 0 Å². The Morgan fingerprint density at radius 3 is 2.36 bits per heavy atom. The van der Waals surface area contributed by atoms with Gasteiger partial charge < -0.3 is 10.1 Å². The first-order chi connectivity index (χ1) is 11.8. The summed E-state index contributed by atoms with van der Waals surface area (Å²) in [6, 6.07) is 12.0. The molecule has 0 aliphatic carbocycles. The molecule has 0 radical (unpaired) electrons. The Labute approximate surface area is 145 Å². The van der Waals surface area contributed by atoms with Crippen molar-refractivity contribution in [3.8, 4) is 0 Å². The van der Waals surface area contributed by atoms with Crippen molar-refractivity contribution in [1.29, 1.82) is 0 Å². The fourth-order valence-corrected chi connectivity index (χ4v) is 2.04. The summed E-state index contributed by atoms with van der Waals surface area (Å²) in [7, 11) is 0. The van der Waals surface area contributed by atoms with E-state index in [0.717, 1.165) is 0 Å². The Morgan fingerprint density at radius 2 is 1.72 bits per heavy atom. The van der Waals surface area contributed by atoms with Gasteiger partial charge in [0.25, 0.3) is 5.91 Å². The summed E-state index contributed by atoms with van der Waals surface area (Å²) in [5.41, 5.74) is 2.74. The minimum absolute atomic E-state index is 0.217. The lowest BCUT2D eigenvalue weighted by molar-refractivity contribution is -0.116. The highest BCUT2D eigenvalue weighted by molar-refractivity contribution is 6.08. The van der Waals surface area contributed by atoms with Gasteiger partial charge in [-0.15, -0.1) is 0 Å². The number of rotatable bonds is 5. The molecule has 2 amide bonds. The molecular formula is C18H21N3O4. The van der Waals surface area contributed by atoms with Gasteiger partial charge >= 0.3 is 6.09 Å². The molecule has 0 aliphatic rings. The minimum atomic E-state index is -0.684. The van der Waals surface area contributed by atoms with E-state index in [1.807, 2.05) is 6.07 Å². The first-order valence-electron chi connectivity index (χ1n) is 7.80. The Balaban J connectivity index is 1.96. The lowest BCUT2D eigenvalue weighted by Gasteiger charge is -2.19. The highest BCUT2D eigenvalue weighted by Gasteiger charge is 2.18. The maximum atomic E-state index is 12.5. The number of ketones is 1. The Kier molecular flexibility index (Phi) is 5.59. The third-order valence-corrected chi connectivity index (χ3v) is 3.05. The van der Waals surface area contributed by atoms with Gasteiger partial charge in [-0.2, -0.15) is 0 Å². The van der Waals surface area contributed by atoms with Crippen LogP contribution in [0.2, 0.25) is 0 Å². The van der Waals surface area contributed by atoms with E-state index in [1.165, 1.54) is 4.68 Å². The van der Waals surface area contributed by atoms with Crippen molar-refractivity contribution in [2.24, 2.45) is 0 Å². The van der Waals surface area contributed by atoms with E-state index < -0.39 is 17.6 Å². The number of nitrogens with zero attached hydrogens (tertiary/aromatic N) is 1. The van der Waals surface area contributed by atoms with Gasteiger partial charge in [-0.05, 0) is 32.9 Å². The van der Waals surface area contributed by atoms with E-state index in [9.17, 15) is 14.4 Å². The average Bonchev–Trinajstić information content (AvgIpc) is 2.99. The van der Waals surface area contributed by atoms with E-state index in [-0.39, 0.29) is 12.3 Å². The number of ether oxygens (including phenoxy) is 1. The zero-order valence-corrected chi connectivity index (χ0v) is 14.4. The van der Waals surface area contributed by atoms with Gasteiger partial charge in [0.15, 0.2) is 0 Å². The SMILES string of the molecule is CC(C)(C)OC(=O)NCC(=O)Nn1cccc1C(=O)c1ccccc1. The standard InChI is InChI=1S/C18H21N3O4/c1-18(2,3)25-17(24)19-12-15(22)20-21-11-7-10-14(21)16(23)13-8-5-4-6-9-13/h4-11H,12H2,1-3H3,(H,19,24)(H,20,22). The minimum Gasteiger partial charge on any atom is -0.444 e. The van der Waals surface area contributed by atoms with E-state index in [4.69, 9.17) is 4.74 Å². The molecule has 0 saturated heterocycles. The number of hydrogen-bond acceptors (Lipinski definition) is 4. The number of amides is 2. The van der Waals surface area contributed by atoms with Crippen LogP contribution in [0.15, 0.2) is 48.7 Å². The average molecular weight is 343 g/mol. The maximum absolute atomic E-state index is 12.5. The van der Waals surface area contributed by atoms with Crippen LogP contribution in [0.1, 0.15) is 36.8 Å². The van der Waals surface area contributed by atoms with Gasteiger partial charge in [-0.1, -0.05) is 30.3 Å². The largest absolute Gasteiger partial charge is 0.444 e. The topological polar surface area (TPSA) is 89.4 Å². The molecule has 1 aromatic heterocycles. The monoisotopic (exact) mass is 343 g/mol. The van der Waals surface area contributed by atoms with Crippen LogP contribution in [-0.2, 0) is 9.53 Å². The molecule has 2 aromatic rings. The first-order valence-corrected chi connectivity index (χ1v) is 7.80. The number of alkyl carbamates (subject to hydrolysis) is 1. The van der Waals surface area contributed by atoms with Crippen molar-refractivity contribution in [2.45, 2.75) is 26.4 Å². The van der Waals surface area contributed by atoms with Gasteiger partial charge in [0.2, 0.25) is 5.78 Å². The lowest BCUT2D eigenvalue weighted by Crippen LogP contribution is -2.39. The molecule has 0 fully saturated rings. The predicted molar refractivity (Wildman–Crippen MR) is 92.9 cm³/mol. The van der Waals surface area contributed by atoms with Crippen molar-refractivity contribution in [2.75, 3.05) is 12.0 Å². The van der Waals surface area contributed by atoms with Crippen LogP contribution in [0.5, 0.6) is 0 Å². The van der Waals surface area contributed by atoms with Crippen molar-refractivity contribution >= 4 is 17.8 Å². The molecule has 7 heteroatoms. The third-order valence-electron chi connectivity index (χ3n) is 3.05. The zero-order chi connectivity index (χ0) is 18.4. The van der Waals surface area contributed by atoms with Crippen molar-refractivity contribution < 1.29 is 19.1 Å². The highest BCUT2D eigenvalue weighted by Crippen LogP contribution is 2.10. The maximum Gasteiger partial charge on any atom is 0.408 e. The van der Waals surface area contributed by atoms with Crippen LogP contribution >= 0.6 is 0 Å². The van der Waals surface area contributed by atoms with Crippen LogP contribution < -0.4 is 10.7 Å². The van der Waals surface area contributed by atoms with Gasteiger partial charge in [-0.3, -0.25) is 19.7 Å². The molecule has 2 N–H and O–H groups in total. The molecule has 0 atom stereocenters. The number of nitrogens with one attached hydrogen (secondary N) is 2. The Bertz CT molecular complexity index is 760. The molecule has 0 unspecified atom stereocenters. The number of aromatic nitrogens is 1. The summed E-state index contributed by atoms with van der Waals surface area (Å²) in [5.74, 6) is -0.699. The van der Waals surface area contributed by atoms with Crippen LogP contribution in [0.4, 0.5) is 4.79 Å². The zero-order valence-electron chi connectivity index (χ0n) is 14.4. The van der Waals surface area contributed by atoms with Gasteiger partial charge in [0.1, 0.15) is 17.8 Å². The molecule has 0 spiro atoms. The second kappa shape index (κ2) is 7.65. The second-order valence-corrected chi connectivity index (χ2v) is 6.35. The van der Waals surface area contributed by atoms with Gasteiger partial charge in [0, 0.05) is 11.8 Å². The second-order valence-electron chi connectivity index (χ2n) is 6.35. The molecule has 1 aromatic carbocycles. The molecule has 2 rings (SSSR count). The van der Waals surface area contributed by atoms with Gasteiger partial charge in [0.05, 0.1) is 0 Å². The normalized spacial score (nSPS) is 10.8. The smallest absolute Gasteiger partial charge is 0.408 e. The van der Waals surface area contributed by atoms with Crippen molar-refractivity contribution in [1.82, 2.24) is 9.99 Å². The molecule has 132 valence electrons. The predicted octanol–water partition coefficient (Wildman–Crippen LogP) is 2.31. The summed E-state index contributed by atoms with van der Waals surface area (Å²) < 4.78 is 6.38. The van der Waals surface area contributed by atoms with Gasteiger partial charge in [-0.25, -0.2) is 4.79 Å². The molecule has 1 heterocycles. The first kappa shape index (κ1) is 18.3. The fraction of sp³-hybridized carbons (Fsp3) is 0.278. The number of hydrogen-bond donors (Lipinski definition) is 2. The molecule has 0 bridgehead atoms. The molecule has 0 saturated carbocycles. The number of benzene rings is 1. The van der Waals surface area contributed by atoms with Crippen LogP contribution in [-0.4, -0.2) is 34.6 Å². The quantitative estimate of drug-likeness (QED) is 0.815.